The van der Waals surface area contributed by atoms with Crippen molar-refractivity contribution in [2.24, 2.45) is 0 Å². The van der Waals surface area contributed by atoms with Gasteiger partial charge in [0.15, 0.2) is 5.82 Å². The summed E-state index contributed by atoms with van der Waals surface area (Å²) in [5.41, 5.74) is 0.726. The second-order valence-electron chi connectivity index (χ2n) is 2.51. The van der Waals surface area contributed by atoms with Gasteiger partial charge in [0.05, 0.1) is 0 Å². The van der Waals surface area contributed by atoms with Crippen LogP contribution in [0.15, 0.2) is 31.4 Å². The molecule has 13 heavy (non-hydrogen) atoms. The maximum absolute atomic E-state index is 4.13. The van der Waals surface area contributed by atoms with Gasteiger partial charge in [-0.1, -0.05) is 6.08 Å². The minimum Gasteiger partial charge on any atom is -0.363 e. The van der Waals surface area contributed by atoms with Gasteiger partial charge in [0.1, 0.15) is 6.33 Å². The molecule has 1 N–H and O–H groups in total. The van der Waals surface area contributed by atoms with E-state index in [4.69, 9.17) is 0 Å². The first kappa shape index (κ1) is 7.72. The third kappa shape index (κ3) is 1.35. The van der Waals surface area contributed by atoms with Crippen LogP contribution in [0, 0.1) is 0 Å². The van der Waals surface area contributed by atoms with Crippen LogP contribution < -0.4 is 5.32 Å². The van der Waals surface area contributed by atoms with Crippen LogP contribution in [0.2, 0.25) is 0 Å². The zero-order valence-corrected chi connectivity index (χ0v) is 7.01. The average Bonchev–Trinajstić information content (AvgIpc) is 2.62. The van der Waals surface area contributed by atoms with Gasteiger partial charge in [-0.3, -0.25) is 4.40 Å². The molecule has 0 spiro atoms. The average molecular weight is 175 g/mol. The Hall–Kier alpha value is -1.91. The van der Waals surface area contributed by atoms with Gasteiger partial charge < -0.3 is 5.32 Å². The predicted octanol–water partition coefficient (Wildman–Crippen LogP) is 0.722. The number of hydrogen-bond acceptors (Lipinski definition) is 4. The first-order valence-electron chi connectivity index (χ1n) is 3.91. The van der Waals surface area contributed by atoms with Crippen molar-refractivity contribution < 1.29 is 0 Å². The van der Waals surface area contributed by atoms with Crippen LogP contribution >= 0.6 is 0 Å². The number of nitrogens with one attached hydrogen (secondary N) is 1. The summed E-state index contributed by atoms with van der Waals surface area (Å²) in [6.45, 7) is 4.28. The fourth-order valence-corrected chi connectivity index (χ4v) is 1.05. The summed E-state index contributed by atoms with van der Waals surface area (Å²) >= 11 is 0. The van der Waals surface area contributed by atoms with Crippen LogP contribution in [0.1, 0.15) is 0 Å². The maximum Gasteiger partial charge on any atom is 0.203 e. The molecular weight excluding hydrogens is 166 g/mol. The lowest BCUT2D eigenvalue weighted by Gasteiger charge is -2.01. The Kier molecular flexibility index (Phi) is 1.91. The number of aromatic nitrogens is 4. The van der Waals surface area contributed by atoms with Crippen molar-refractivity contribution in [1.29, 1.82) is 0 Å². The third-order valence-electron chi connectivity index (χ3n) is 1.63. The van der Waals surface area contributed by atoms with Crippen LogP contribution in [-0.2, 0) is 0 Å². The molecule has 0 saturated carbocycles. The van der Waals surface area contributed by atoms with Gasteiger partial charge in [-0.05, 0) is 0 Å². The first-order valence-corrected chi connectivity index (χ1v) is 3.91. The Morgan fingerprint density at radius 3 is 3.38 bits per heavy atom. The largest absolute Gasteiger partial charge is 0.363 e. The zero-order valence-electron chi connectivity index (χ0n) is 7.01. The predicted molar refractivity (Wildman–Crippen MR) is 49.5 cm³/mol. The standard InChI is InChI=1S/C8H9N5/c1-2-3-9-7-8-12-11-6-13(8)5-4-10-7/h2,4-6H,1,3H2,(H,9,10). The van der Waals surface area contributed by atoms with Crippen molar-refractivity contribution >= 4 is 11.5 Å². The van der Waals surface area contributed by atoms with Crippen molar-refractivity contribution in [3.8, 4) is 0 Å². The molecule has 0 unspecified atom stereocenters. The molecule has 0 aliphatic heterocycles. The van der Waals surface area contributed by atoms with Crippen LogP contribution in [0.3, 0.4) is 0 Å². The molecule has 66 valence electrons. The van der Waals surface area contributed by atoms with Gasteiger partial charge in [-0.15, -0.1) is 16.8 Å². The smallest absolute Gasteiger partial charge is 0.203 e. The minimum atomic E-state index is 0.666. The molecule has 2 rings (SSSR count). The summed E-state index contributed by atoms with van der Waals surface area (Å²) in [4.78, 5) is 4.13. The summed E-state index contributed by atoms with van der Waals surface area (Å²) in [5, 5.41) is 10.8. The second-order valence-corrected chi connectivity index (χ2v) is 2.51. The van der Waals surface area contributed by atoms with Crippen molar-refractivity contribution in [1.82, 2.24) is 19.6 Å². The molecule has 5 nitrogen and oxygen atoms in total. The molecule has 0 aliphatic rings. The Bertz CT molecular complexity index is 419. The van der Waals surface area contributed by atoms with Gasteiger partial charge in [0.2, 0.25) is 5.65 Å². The van der Waals surface area contributed by atoms with Gasteiger partial charge >= 0.3 is 0 Å². The Balaban J connectivity index is 2.42. The van der Waals surface area contributed by atoms with E-state index < -0.39 is 0 Å². The highest BCUT2D eigenvalue weighted by atomic mass is 15.2. The van der Waals surface area contributed by atoms with Crippen LogP contribution in [0.5, 0.6) is 0 Å². The SMILES string of the molecule is C=CCNc1nccn2cnnc12. The summed E-state index contributed by atoms with van der Waals surface area (Å²) in [5.74, 6) is 0.722. The van der Waals surface area contributed by atoms with E-state index in [2.05, 4.69) is 27.1 Å². The van der Waals surface area contributed by atoms with Crippen molar-refractivity contribution in [3.63, 3.8) is 0 Å². The fourth-order valence-electron chi connectivity index (χ4n) is 1.05. The molecule has 0 fully saturated rings. The molecule has 0 saturated heterocycles. The monoisotopic (exact) mass is 175 g/mol. The molecule has 0 atom stereocenters. The van der Waals surface area contributed by atoms with E-state index in [1.807, 2.05) is 0 Å². The number of rotatable bonds is 3. The lowest BCUT2D eigenvalue weighted by atomic mass is 10.5. The van der Waals surface area contributed by atoms with Crippen LogP contribution in [0.25, 0.3) is 5.65 Å². The molecule has 2 aromatic heterocycles. The highest BCUT2D eigenvalue weighted by Gasteiger charge is 2.01. The lowest BCUT2D eigenvalue weighted by molar-refractivity contribution is 1.10. The summed E-state index contributed by atoms with van der Waals surface area (Å²) in [6.07, 6.45) is 6.90. The van der Waals surface area contributed by atoms with Crippen molar-refractivity contribution in [2.45, 2.75) is 0 Å². The van der Waals surface area contributed by atoms with Crippen LogP contribution in [0.4, 0.5) is 5.82 Å². The fraction of sp³-hybridized carbons (Fsp3) is 0.125. The molecule has 0 bridgehead atoms. The zero-order chi connectivity index (χ0) is 9.10. The third-order valence-corrected chi connectivity index (χ3v) is 1.63. The molecule has 0 aromatic carbocycles. The van der Waals surface area contributed by atoms with Gasteiger partial charge in [0, 0.05) is 18.9 Å². The minimum absolute atomic E-state index is 0.666. The van der Waals surface area contributed by atoms with E-state index in [1.54, 1.807) is 29.2 Å². The van der Waals surface area contributed by atoms with E-state index >= 15 is 0 Å². The second kappa shape index (κ2) is 3.22. The highest BCUT2D eigenvalue weighted by molar-refractivity contribution is 5.61. The van der Waals surface area contributed by atoms with Crippen LogP contribution in [-0.4, -0.2) is 26.1 Å². The topological polar surface area (TPSA) is 55.1 Å². The van der Waals surface area contributed by atoms with E-state index in [-0.39, 0.29) is 0 Å². The Morgan fingerprint density at radius 2 is 2.54 bits per heavy atom. The van der Waals surface area contributed by atoms with Gasteiger partial charge in [-0.2, -0.15) is 0 Å². The number of nitrogens with zero attached hydrogens (tertiary/aromatic N) is 4. The van der Waals surface area contributed by atoms with Gasteiger partial charge in [0.25, 0.3) is 0 Å². The molecule has 5 heteroatoms. The summed E-state index contributed by atoms with van der Waals surface area (Å²) < 4.78 is 1.80. The normalized spacial score (nSPS) is 10.2. The van der Waals surface area contributed by atoms with Crippen molar-refractivity contribution in [2.75, 3.05) is 11.9 Å². The molecule has 2 aromatic rings. The summed E-state index contributed by atoms with van der Waals surface area (Å²) in [6, 6.07) is 0. The maximum atomic E-state index is 4.13. The molecule has 2 heterocycles. The summed E-state index contributed by atoms with van der Waals surface area (Å²) in [7, 11) is 0. The quantitative estimate of drug-likeness (QED) is 0.698. The number of fused-ring (bicyclic) bond motifs is 1. The molecule has 0 amide bonds. The lowest BCUT2D eigenvalue weighted by Crippen LogP contribution is -2.02. The molecular formula is C8H9N5. The first-order chi connectivity index (χ1) is 6.42. The number of hydrogen-bond donors (Lipinski definition) is 1. The van der Waals surface area contributed by atoms with E-state index in [0.29, 0.717) is 6.54 Å². The number of anilines is 1. The Morgan fingerprint density at radius 1 is 1.62 bits per heavy atom. The molecule has 0 aliphatic carbocycles. The Labute approximate surface area is 75.1 Å². The molecule has 0 radical (unpaired) electrons. The van der Waals surface area contributed by atoms with E-state index in [0.717, 1.165) is 11.5 Å². The van der Waals surface area contributed by atoms with Gasteiger partial charge in [-0.25, -0.2) is 4.98 Å². The van der Waals surface area contributed by atoms with E-state index in [9.17, 15) is 0 Å². The van der Waals surface area contributed by atoms with Crippen molar-refractivity contribution in [3.05, 3.63) is 31.4 Å². The highest BCUT2D eigenvalue weighted by Crippen LogP contribution is 2.08. The van der Waals surface area contributed by atoms with E-state index in [1.165, 1.54) is 0 Å².